The maximum absolute atomic E-state index is 14.1. The lowest BCUT2D eigenvalue weighted by atomic mass is 10.1. The summed E-state index contributed by atoms with van der Waals surface area (Å²) in [5.74, 6) is -0.834. The molecule has 2 aromatic carbocycles. The van der Waals surface area contributed by atoms with Crippen LogP contribution in [0.5, 0.6) is 5.75 Å². The third-order valence-corrected chi connectivity index (χ3v) is 7.49. The highest BCUT2D eigenvalue weighted by Crippen LogP contribution is 2.27. The summed E-state index contributed by atoms with van der Waals surface area (Å²) in [5.41, 5.74) is 1.44. The molecule has 1 aromatic heterocycles. The molecule has 6 nitrogen and oxygen atoms in total. The Morgan fingerprint density at radius 1 is 1.06 bits per heavy atom. The van der Waals surface area contributed by atoms with Crippen LogP contribution in [0.25, 0.3) is 0 Å². The number of hydrogen-bond acceptors (Lipinski definition) is 5. The van der Waals surface area contributed by atoms with Gasteiger partial charge in [-0.1, -0.05) is 59.6 Å². The van der Waals surface area contributed by atoms with Crippen LogP contribution in [0.15, 0.2) is 78.9 Å². The maximum atomic E-state index is 14.1. The van der Waals surface area contributed by atoms with Crippen LogP contribution in [0.3, 0.4) is 0 Å². The lowest BCUT2D eigenvalue weighted by Crippen LogP contribution is -2.38. The Hall–Kier alpha value is -3.20. The number of aromatic nitrogens is 1. The van der Waals surface area contributed by atoms with Gasteiger partial charge in [-0.15, -0.1) is 0 Å². The minimum absolute atomic E-state index is 0.0316. The predicted molar refractivity (Wildman–Crippen MR) is 137 cm³/mol. The number of pyridine rings is 1. The molecule has 1 heterocycles. The number of carbonyl (C=O) groups excluding carboxylic acids is 1. The van der Waals surface area contributed by atoms with Crippen LogP contribution >= 0.6 is 23.2 Å². The number of nitrogens with one attached hydrogen (secondary N) is 1. The van der Waals surface area contributed by atoms with Gasteiger partial charge in [0.2, 0.25) is 10.0 Å². The molecule has 0 saturated heterocycles. The zero-order valence-corrected chi connectivity index (χ0v) is 21.2. The number of sulfonamides is 1. The second kappa shape index (κ2) is 11.2. The van der Waals surface area contributed by atoms with Gasteiger partial charge in [-0.3, -0.25) is 4.79 Å². The van der Waals surface area contributed by atoms with Gasteiger partial charge in [0, 0.05) is 33.3 Å². The van der Waals surface area contributed by atoms with E-state index in [4.69, 9.17) is 27.9 Å². The molecule has 0 saturated carbocycles. The molecule has 0 aliphatic heterocycles. The van der Waals surface area contributed by atoms with E-state index in [1.54, 1.807) is 60.7 Å². The van der Waals surface area contributed by atoms with Crippen LogP contribution in [0, 0.1) is 5.82 Å². The molecule has 1 amide bonds. The number of allylic oxidation sites excluding steroid dienone is 3. The number of hydrogen-bond donors (Lipinski definition) is 1. The zero-order valence-electron chi connectivity index (χ0n) is 18.8. The summed E-state index contributed by atoms with van der Waals surface area (Å²) in [6.45, 7) is -0.0316. The Balaban J connectivity index is 1.49. The zero-order chi connectivity index (χ0) is 25.7. The maximum Gasteiger partial charge on any atom is 0.283 e. The second-order valence-corrected chi connectivity index (χ2v) is 10.8. The first-order valence-corrected chi connectivity index (χ1v) is 13.2. The largest absolute Gasteiger partial charge is 0.489 e. The number of amides is 1. The van der Waals surface area contributed by atoms with Crippen molar-refractivity contribution in [1.82, 2.24) is 9.71 Å². The summed E-state index contributed by atoms with van der Waals surface area (Å²) >= 11 is 12.0. The van der Waals surface area contributed by atoms with E-state index in [2.05, 4.69) is 9.71 Å². The van der Waals surface area contributed by atoms with Crippen LogP contribution < -0.4 is 9.46 Å². The smallest absolute Gasteiger partial charge is 0.283 e. The molecule has 1 N–H and O–H groups in total. The van der Waals surface area contributed by atoms with Gasteiger partial charge in [-0.05, 0) is 48.9 Å². The normalized spacial score (nSPS) is 15.0. The van der Waals surface area contributed by atoms with E-state index in [-0.39, 0.29) is 25.1 Å². The van der Waals surface area contributed by atoms with Crippen molar-refractivity contribution < 1.29 is 22.3 Å². The fourth-order valence-electron chi connectivity index (χ4n) is 3.57. The van der Waals surface area contributed by atoms with Crippen molar-refractivity contribution >= 4 is 39.1 Å². The van der Waals surface area contributed by atoms with Crippen molar-refractivity contribution in [1.29, 1.82) is 0 Å². The van der Waals surface area contributed by atoms with Crippen LogP contribution in [0.1, 0.15) is 33.7 Å². The highest BCUT2D eigenvalue weighted by atomic mass is 35.5. The van der Waals surface area contributed by atoms with Crippen molar-refractivity contribution in [2.45, 2.75) is 24.7 Å². The Labute approximate surface area is 218 Å². The van der Waals surface area contributed by atoms with Crippen molar-refractivity contribution in [2.75, 3.05) is 0 Å². The van der Waals surface area contributed by atoms with E-state index in [0.29, 0.717) is 32.6 Å². The van der Waals surface area contributed by atoms with E-state index in [0.717, 1.165) is 0 Å². The minimum atomic E-state index is -3.91. The fourth-order valence-corrected chi connectivity index (χ4v) is 5.10. The molecule has 3 aromatic rings. The highest BCUT2D eigenvalue weighted by molar-refractivity contribution is 7.90. The monoisotopic (exact) mass is 546 g/mol. The predicted octanol–water partition coefficient (Wildman–Crippen LogP) is 5.64. The molecule has 36 heavy (non-hydrogen) atoms. The molecule has 4 rings (SSSR count). The third-order valence-electron chi connectivity index (χ3n) is 5.41. The van der Waals surface area contributed by atoms with E-state index < -0.39 is 27.0 Å². The molecule has 0 spiro atoms. The Morgan fingerprint density at radius 3 is 2.58 bits per heavy atom. The molecule has 1 unspecified atom stereocenters. The number of rotatable bonds is 8. The van der Waals surface area contributed by atoms with Gasteiger partial charge in [-0.25, -0.2) is 22.5 Å². The van der Waals surface area contributed by atoms with Gasteiger partial charge in [0.25, 0.3) is 5.91 Å². The summed E-state index contributed by atoms with van der Waals surface area (Å²) in [7, 11) is -3.91. The molecule has 1 aliphatic rings. The minimum Gasteiger partial charge on any atom is -0.489 e. The Bertz CT molecular complexity index is 1460. The number of ether oxygens (including phenoxy) is 1. The molecular weight excluding hydrogens is 526 g/mol. The molecule has 0 bridgehead atoms. The SMILES string of the molecule is O=C(NS(=O)(=O)C1C=CC=CC1)c1cccc(Cc2cc(Cl)ccc2OCc2ccc(Cl)cc2F)n1. The van der Waals surface area contributed by atoms with Gasteiger partial charge in [0.15, 0.2) is 0 Å². The molecular formula is C26H21Cl2FN2O4S. The van der Waals surface area contributed by atoms with Gasteiger partial charge in [0.05, 0.1) is 0 Å². The van der Waals surface area contributed by atoms with Gasteiger partial charge in [-0.2, -0.15) is 0 Å². The number of nitrogens with zero attached hydrogens (tertiary/aromatic N) is 1. The van der Waals surface area contributed by atoms with Gasteiger partial charge >= 0.3 is 0 Å². The van der Waals surface area contributed by atoms with E-state index >= 15 is 0 Å². The number of carbonyl (C=O) groups is 1. The van der Waals surface area contributed by atoms with E-state index in [1.165, 1.54) is 18.2 Å². The molecule has 0 fully saturated rings. The summed E-state index contributed by atoms with van der Waals surface area (Å²) in [6, 6.07) is 14.1. The molecule has 10 heteroatoms. The van der Waals surface area contributed by atoms with Crippen molar-refractivity contribution in [3.8, 4) is 5.75 Å². The fraction of sp³-hybridized carbons (Fsp3) is 0.154. The molecule has 1 atom stereocenters. The van der Waals surface area contributed by atoms with Crippen molar-refractivity contribution in [2.24, 2.45) is 0 Å². The van der Waals surface area contributed by atoms with Crippen LogP contribution in [-0.4, -0.2) is 24.6 Å². The molecule has 0 radical (unpaired) electrons. The van der Waals surface area contributed by atoms with Crippen molar-refractivity contribution in [3.05, 3.63) is 117 Å². The summed E-state index contributed by atoms with van der Waals surface area (Å²) < 4.78 is 47.2. The van der Waals surface area contributed by atoms with Crippen LogP contribution in [0.4, 0.5) is 4.39 Å². The Kier molecular flexibility index (Phi) is 8.08. The van der Waals surface area contributed by atoms with Crippen LogP contribution in [-0.2, 0) is 23.1 Å². The highest BCUT2D eigenvalue weighted by Gasteiger charge is 2.26. The van der Waals surface area contributed by atoms with E-state index in [9.17, 15) is 17.6 Å². The summed E-state index contributed by atoms with van der Waals surface area (Å²) in [6.07, 6.45) is 7.14. The first-order chi connectivity index (χ1) is 17.2. The second-order valence-electron chi connectivity index (χ2n) is 8.03. The third kappa shape index (κ3) is 6.51. The molecule has 1 aliphatic carbocycles. The van der Waals surface area contributed by atoms with Crippen LogP contribution in [0.2, 0.25) is 10.0 Å². The average molecular weight is 547 g/mol. The quantitative estimate of drug-likeness (QED) is 0.395. The van der Waals surface area contributed by atoms with Crippen molar-refractivity contribution in [3.63, 3.8) is 0 Å². The Morgan fingerprint density at radius 2 is 1.83 bits per heavy atom. The number of halogens is 3. The topological polar surface area (TPSA) is 85.4 Å². The average Bonchev–Trinajstić information content (AvgIpc) is 2.85. The summed E-state index contributed by atoms with van der Waals surface area (Å²) in [5, 5.41) is -0.0749. The lowest BCUT2D eigenvalue weighted by molar-refractivity contribution is 0.0976. The van der Waals surface area contributed by atoms with E-state index in [1.807, 2.05) is 0 Å². The summed E-state index contributed by atoms with van der Waals surface area (Å²) in [4.78, 5) is 17.0. The standard InChI is InChI=1S/C26H21Cl2FN2O4S/c27-19-11-12-25(35-16-17-9-10-20(28)15-23(17)29)18(13-19)14-21-5-4-8-24(30-21)26(32)31-36(33,34)22-6-2-1-3-7-22/h1-6,8-13,15,22H,7,14,16H2,(H,31,32). The first-order valence-electron chi connectivity index (χ1n) is 10.9. The molecule has 186 valence electrons. The van der Waals surface area contributed by atoms with Gasteiger partial charge < -0.3 is 4.74 Å². The lowest BCUT2D eigenvalue weighted by Gasteiger charge is -2.15. The van der Waals surface area contributed by atoms with Gasteiger partial charge in [0.1, 0.15) is 29.1 Å². The first kappa shape index (κ1) is 25.9. The number of benzene rings is 2.